The summed E-state index contributed by atoms with van der Waals surface area (Å²) in [4.78, 5) is 0. The quantitative estimate of drug-likeness (QED) is 0.777. The SMILES string of the molecule is CC(N)C(O)Cc1cccc(Cl)c1. The van der Waals surface area contributed by atoms with Crippen molar-refractivity contribution in [3.63, 3.8) is 0 Å². The van der Waals surface area contributed by atoms with Gasteiger partial charge in [0.1, 0.15) is 0 Å². The van der Waals surface area contributed by atoms with E-state index in [1.807, 2.05) is 24.3 Å². The van der Waals surface area contributed by atoms with Gasteiger partial charge in [-0.3, -0.25) is 0 Å². The summed E-state index contributed by atoms with van der Waals surface area (Å²) in [6.07, 6.45) is 0.0524. The topological polar surface area (TPSA) is 46.2 Å². The number of aliphatic hydroxyl groups excluding tert-OH is 1. The second kappa shape index (κ2) is 4.61. The molecule has 0 saturated heterocycles. The summed E-state index contributed by atoms with van der Waals surface area (Å²) in [7, 11) is 0. The molecule has 0 aliphatic rings. The third kappa shape index (κ3) is 3.35. The second-order valence-corrected chi connectivity index (χ2v) is 3.70. The molecule has 1 rings (SSSR count). The molecule has 0 saturated carbocycles. The Morgan fingerprint density at radius 3 is 2.77 bits per heavy atom. The van der Waals surface area contributed by atoms with Crippen LogP contribution in [0.3, 0.4) is 0 Å². The minimum Gasteiger partial charge on any atom is -0.391 e. The van der Waals surface area contributed by atoms with Gasteiger partial charge in [-0.25, -0.2) is 0 Å². The molecule has 3 heteroatoms. The first kappa shape index (κ1) is 10.5. The van der Waals surface area contributed by atoms with Crippen molar-refractivity contribution in [2.24, 2.45) is 5.73 Å². The highest BCUT2D eigenvalue weighted by Gasteiger charge is 2.09. The summed E-state index contributed by atoms with van der Waals surface area (Å²) >= 11 is 5.79. The van der Waals surface area contributed by atoms with Crippen LogP contribution < -0.4 is 5.73 Å². The number of nitrogens with two attached hydrogens (primary N) is 1. The van der Waals surface area contributed by atoms with Crippen molar-refractivity contribution in [1.82, 2.24) is 0 Å². The van der Waals surface area contributed by atoms with Crippen molar-refractivity contribution in [3.8, 4) is 0 Å². The number of aliphatic hydroxyl groups is 1. The fourth-order valence-corrected chi connectivity index (χ4v) is 1.30. The maximum Gasteiger partial charge on any atom is 0.0728 e. The van der Waals surface area contributed by atoms with Gasteiger partial charge in [0.2, 0.25) is 0 Å². The molecule has 2 unspecified atom stereocenters. The van der Waals surface area contributed by atoms with Crippen molar-refractivity contribution in [3.05, 3.63) is 34.9 Å². The number of halogens is 1. The van der Waals surface area contributed by atoms with Crippen LogP contribution in [0.25, 0.3) is 0 Å². The van der Waals surface area contributed by atoms with Crippen molar-refractivity contribution in [2.75, 3.05) is 0 Å². The highest BCUT2D eigenvalue weighted by Crippen LogP contribution is 2.12. The zero-order valence-electron chi connectivity index (χ0n) is 7.57. The van der Waals surface area contributed by atoms with Gasteiger partial charge in [0.25, 0.3) is 0 Å². The standard InChI is InChI=1S/C10H14ClNO/c1-7(12)10(13)6-8-3-2-4-9(11)5-8/h2-5,7,10,13H,6,12H2,1H3. The van der Waals surface area contributed by atoms with Gasteiger partial charge in [-0.15, -0.1) is 0 Å². The smallest absolute Gasteiger partial charge is 0.0728 e. The lowest BCUT2D eigenvalue weighted by Gasteiger charge is -2.14. The summed E-state index contributed by atoms with van der Waals surface area (Å²) in [6.45, 7) is 1.79. The van der Waals surface area contributed by atoms with Crippen LogP contribution in [0.2, 0.25) is 5.02 Å². The molecule has 0 bridgehead atoms. The van der Waals surface area contributed by atoms with Crippen LogP contribution in [0.4, 0.5) is 0 Å². The third-order valence-corrected chi connectivity index (χ3v) is 2.18. The van der Waals surface area contributed by atoms with Gasteiger partial charge < -0.3 is 10.8 Å². The molecule has 3 N–H and O–H groups in total. The first-order valence-electron chi connectivity index (χ1n) is 4.27. The zero-order chi connectivity index (χ0) is 9.84. The van der Waals surface area contributed by atoms with Crippen molar-refractivity contribution in [2.45, 2.75) is 25.5 Å². The summed E-state index contributed by atoms with van der Waals surface area (Å²) in [5.74, 6) is 0. The van der Waals surface area contributed by atoms with Crippen molar-refractivity contribution >= 4 is 11.6 Å². The number of hydrogen-bond acceptors (Lipinski definition) is 2. The van der Waals surface area contributed by atoms with Gasteiger partial charge >= 0.3 is 0 Å². The second-order valence-electron chi connectivity index (χ2n) is 3.26. The Balaban J connectivity index is 2.64. The molecule has 0 radical (unpaired) electrons. The van der Waals surface area contributed by atoms with Crippen LogP contribution >= 0.6 is 11.6 Å². The predicted molar refractivity (Wildman–Crippen MR) is 54.8 cm³/mol. The number of benzene rings is 1. The third-order valence-electron chi connectivity index (χ3n) is 1.94. The molecular formula is C10H14ClNO. The Morgan fingerprint density at radius 1 is 1.54 bits per heavy atom. The predicted octanol–water partition coefficient (Wildman–Crippen LogP) is 1.59. The van der Waals surface area contributed by atoms with E-state index >= 15 is 0 Å². The van der Waals surface area contributed by atoms with Crippen LogP contribution in [0.1, 0.15) is 12.5 Å². The van der Waals surface area contributed by atoms with E-state index in [1.165, 1.54) is 0 Å². The maximum absolute atomic E-state index is 9.50. The first-order chi connectivity index (χ1) is 6.09. The minimum absolute atomic E-state index is 0.209. The van der Waals surface area contributed by atoms with E-state index in [0.717, 1.165) is 5.56 Å². The van der Waals surface area contributed by atoms with Crippen LogP contribution in [0, 0.1) is 0 Å². The molecule has 1 aromatic carbocycles. The lowest BCUT2D eigenvalue weighted by atomic mass is 10.0. The summed E-state index contributed by atoms with van der Waals surface area (Å²) in [6, 6.07) is 7.23. The maximum atomic E-state index is 9.50. The van der Waals surface area contributed by atoms with Gasteiger partial charge in [-0.2, -0.15) is 0 Å². The summed E-state index contributed by atoms with van der Waals surface area (Å²) < 4.78 is 0. The Bertz CT molecular complexity index is 275. The van der Waals surface area contributed by atoms with E-state index in [-0.39, 0.29) is 6.04 Å². The lowest BCUT2D eigenvalue weighted by Crippen LogP contribution is -2.33. The molecule has 13 heavy (non-hydrogen) atoms. The van der Waals surface area contributed by atoms with Crippen LogP contribution in [-0.4, -0.2) is 17.3 Å². The minimum atomic E-state index is -0.501. The van der Waals surface area contributed by atoms with Gasteiger partial charge in [0, 0.05) is 11.1 Å². The molecule has 72 valence electrons. The average Bonchev–Trinajstić information content (AvgIpc) is 2.04. The fourth-order valence-electron chi connectivity index (χ4n) is 1.09. The molecule has 0 heterocycles. The molecule has 0 fully saturated rings. The van der Waals surface area contributed by atoms with Crippen molar-refractivity contribution < 1.29 is 5.11 Å². The Labute approximate surface area is 83.3 Å². The van der Waals surface area contributed by atoms with E-state index in [1.54, 1.807) is 6.92 Å². The zero-order valence-corrected chi connectivity index (χ0v) is 8.33. The normalized spacial score (nSPS) is 15.4. The van der Waals surface area contributed by atoms with Gasteiger partial charge in [-0.1, -0.05) is 23.7 Å². The molecule has 0 amide bonds. The average molecular weight is 200 g/mol. The van der Waals surface area contributed by atoms with Gasteiger partial charge in [0.05, 0.1) is 6.10 Å². The van der Waals surface area contributed by atoms with Gasteiger partial charge in [0.15, 0.2) is 0 Å². The molecule has 2 atom stereocenters. The Morgan fingerprint density at radius 2 is 2.23 bits per heavy atom. The van der Waals surface area contributed by atoms with Crippen LogP contribution in [-0.2, 0) is 6.42 Å². The molecule has 0 spiro atoms. The van der Waals surface area contributed by atoms with E-state index in [2.05, 4.69) is 0 Å². The molecular weight excluding hydrogens is 186 g/mol. The van der Waals surface area contributed by atoms with E-state index in [4.69, 9.17) is 17.3 Å². The number of hydrogen-bond donors (Lipinski definition) is 2. The van der Waals surface area contributed by atoms with E-state index in [0.29, 0.717) is 11.4 Å². The Kier molecular flexibility index (Phi) is 3.72. The number of rotatable bonds is 3. The van der Waals surface area contributed by atoms with Crippen LogP contribution in [0.15, 0.2) is 24.3 Å². The first-order valence-corrected chi connectivity index (χ1v) is 4.65. The summed E-state index contributed by atoms with van der Waals surface area (Å²) in [5.41, 5.74) is 6.55. The molecule has 0 aliphatic carbocycles. The molecule has 0 aromatic heterocycles. The molecule has 0 aliphatic heterocycles. The van der Waals surface area contributed by atoms with Crippen molar-refractivity contribution in [1.29, 1.82) is 0 Å². The molecule has 2 nitrogen and oxygen atoms in total. The van der Waals surface area contributed by atoms with Crippen LogP contribution in [0.5, 0.6) is 0 Å². The Hall–Kier alpha value is -0.570. The fraction of sp³-hybridized carbons (Fsp3) is 0.400. The molecule has 1 aromatic rings. The van der Waals surface area contributed by atoms with E-state index in [9.17, 15) is 5.11 Å². The highest BCUT2D eigenvalue weighted by atomic mass is 35.5. The largest absolute Gasteiger partial charge is 0.391 e. The highest BCUT2D eigenvalue weighted by molar-refractivity contribution is 6.30. The van der Waals surface area contributed by atoms with E-state index < -0.39 is 6.10 Å². The van der Waals surface area contributed by atoms with Gasteiger partial charge in [-0.05, 0) is 31.0 Å². The monoisotopic (exact) mass is 199 g/mol. The summed E-state index contributed by atoms with van der Waals surface area (Å²) in [5, 5.41) is 10.2. The lowest BCUT2D eigenvalue weighted by molar-refractivity contribution is 0.151.